The summed E-state index contributed by atoms with van der Waals surface area (Å²) in [7, 11) is 0. The Hall–Kier alpha value is -2.86. The van der Waals surface area contributed by atoms with Crippen molar-refractivity contribution in [2.45, 2.75) is 38.6 Å². The first-order valence-electron chi connectivity index (χ1n) is 10.6. The van der Waals surface area contributed by atoms with Crippen molar-refractivity contribution in [3.63, 3.8) is 0 Å². The molecule has 190 valence electrons. The van der Waals surface area contributed by atoms with Gasteiger partial charge in [-0.05, 0) is 44.5 Å². The van der Waals surface area contributed by atoms with Crippen LogP contribution in [-0.4, -0.2) is 44.4 Å². The third-order valence-corrected chi connectivity index (χ3v) is 7.64. The summed E-state index contributed by atoms with van der Waals surface area (Å²) >= 11 is 14.2. The number of allylic oxidation sites excluding steroid dienone is 1. The van der Waals surface area contributed by atoms with E-state index in [2.05, 4.69) is 22.1 Å². The molecule has 0 spiro atoms. The molecule has 0 aliphatic heterocycles. The number of benzene rings is 1. The number of hydrogen-bond acceptors (Lipinski definition) is 8. The van der Waals surface area contributed by atoms with Crippen molar-refractivity contribution in [3.05, 3.63) is 56.9 Å². The zero-order chi connectivity index (χ0) is 26.6. The van der Waals surface area contributed by atoms with Crippen LogP contribution in [0, 0.1) is 6.92 Å². The van der Waals surface area contributed by atoms with Gasteiger partial charge in [0.25, 0.3) is 5.91 Å². The van der Waals surface area contributed by atoms with Crippen LogP contribution in [0.4, 0.5) is 5.00 Å². The highest BCUT2D eigenvalue weighted by atomic mass is 35.5. The molecule has 2 heterocycles. The highest BCUT2D eigenvalue weighted by molar-refractivity contribution is 7.99. The van der Waals surface area contributed by atoms with Gasteiger partial charge in [0.05, 0.1) is 32.3 Å². The summed E-state index contributed by atoms with van der Waals surface area (Å²) in [5.74, 6) is -1.27. The van der Waals surface area contributed by atoms with Gasteiger partial charge in [-0.3, -0.25) is 14.2 Å². The first kappa shape index (κ1) is 27.7. The first-order valence-corrected chi connectivity index (χ1v) is 13.2. The fraction of sp³-hybridized carbons (Fsp3) is 0.261. The van der Waals surface area contributed by atoms with Crippen molar-refractivity contribution >= 4 is 69.1 Å². The molecule has 3 rings (SSSR count). The van der Waals surface area contributed by atoms with E-state index in [-0.39, 0.29) is 27.3 Å². The standard InChI is InChI=1S/C23H23Cl2N5O4S2/c1-5-8-30-20(13-6-7-14(24)15(25)9-13)28-29-23(30)35-10-16(31)27-21-17(22(33)34-11(2)3)12(4)18(36-21)19(26)32/h5-7,9,11H,1,8,10H2,2-4H3,(H2,26,32)(H,27,31). The number of thioether (sulfide) groups is 1. The second-order valence-electron chi connectivity index (χ2n) is 7.75. The fourth-order valence-corrected chi connectivity index (χ4v) is 5.30. The summed E-state index contributed by atoms with van der Waals surface area (Å²) in [6.45, 7) is 9.16. The van der Waals surface area contributed by atoms with Gasteiger partial charge in [0, 0.05) is 12.1 Å². The van der Waals surface area contributed by atoms with E-state index in [1.54, 1.807) is 49.6 Å². The number of aromatic nitrogens is 3. The molecule has 0 unspecified atom stereocenters. The molecule has 3 N–H and O–H groups in total. The predicted octanol–water partition coefficient (Wildman–Crippen LogP) is 5.20. The van der Waals surface area contributed by atoms with Crippen molar-refractivity contribution in [3.8, 4) is 11.4 Å². The van der Waals surface area contributed by atoms with Crippen LogP contribution in [0.1, 0.15) is 39.4 Å². The van der Waals surface area contributed by atoms with Crippen LogP contribution in [0.5, 0.6) is 0 Å². The Bertz CT molecular complexity index is 1340. The van der Waals surface area contributed by atoms with E-state index in [0.717, 1.165) is 23.1 Å². The molecule has 0 radical (unpaired) electrons. The highest BCUT2D eigenvalue weighted by Gasteiger charge is 2.26. The number of ether oxygens (including phenoxy) is 1. The van der Waals surface area contributed by atoms with Crippen LogP contribution in [0.15, 0.2) is 36.0 Å². The van der Waals surface area contributed by atoms with Crippen molar-refractivity contribution in [2.75, 3.05) is 11.1 Å². The number of anilines is 1. The molecule has 1 aromatic carbocycles. The van der Waals surface area contributed by atoms with E-state index >= 15 is 0 Å². The maximum absolute atomic E-state index is 12.8. The minimum absolute atomic E-state index is 0.0435. The molecule has 9 nitrogen and oxygen atoms in total. The number of rotatable bonds is 10. The molecule has 36 heavy (non-hydrogen) atoms. The van der Waals surface area contributed by atoms with Crippen LogP contribution in [0.2, 0.25) is 10.0 Å². The molecule has 3 aromatic rings. The van der Waals surface area contributed by atoms with E-state index in [1.807, 2.05) is 0 Å². The van der Waals surface area contributed by atoms with Crippen molar-refractivity contribution < 1.29 is 19.1 Å². The van der Waals surface area contributed by atoms with E-state index in [0.29, 0.717) is 38.7 Å². The lowest BCUT2D eigenvalue weighted by molar-refractivity contribution is -0.113. The van der Waals surface area contributed by atoms with Crippen LogP contribution in [-0.2, 0) is 16.1 Å². The van der Waals surface area contributed by atoms with Gasteiger partial charge < -0.3 is 15.8 Å². The Morgan fingerprint density at radius 2 is 2.00 bits per heavy atom. The molecule has 0 aliphatic rings. The summed E-state index contributed by atoms with van der Waals surface area (Å²) in [6.07, 6.45) is 1.30. The molecule has 0 bridgehead atoms. The largest absolute Gasteiger partial charge is 0.459 e. The molecular formula is C23H23Cl2N5O4S2. The normalized spacial score (nSPS) is 10.9. The fourth-order valence-electron chi connectivity index (χ4n) is 3.19. The first-order chi connectivity index (χ1) is 17.0. The maximum atomic E-state index is 12.8. The smallest absolute Gasteiger partial charge is 0.341 e. The Morgan fingerprint density at radius 3 is 2.61 bits per heavy atom. The van der Waals surface area contributed by atoms with Crippen LogP contribution in [0.3, 0.4) is 0 Å². The Morgan fingerprint density at radius 1 is 1.28 bits per heavy atom. The van der Waals surface area contributed by atoms with Gasteiger partial charge in [-0.2, -0.15) is 0 Å². The lowest BCUT2D eigenvalue weighted by Crippen LogP contribution is -2.18. The monoisotopic (exact) mass is 567 g/mol. The van der Waals surface area contributed by atoms with Gasteiger partial charge in [-0.1, -0.05) is 41.0 Å². The molecule has 0 aliphatic carbocycles. The van der Waals surface area contributed by atoms with Crippen molar-refractivity contribution in [1.82, 2.24) is 14.8 Å². The lowest BCUT2D eigenvalue weighted by atomic mass is 10.1. The Balaban J connectivity index is 1.81. The van der Waals surface area contributed by atoms with Crippen LogP contribution < -0.4 is 11.1 Å². The SMILES string of the molecule is C=CCn1c(SCC(=O)Nc2sc(C(N)=O)c(C)c2C(=O)OC(C)C)nnc1-c1ccc(Cl)c(Cl)c1. The number of esters is 1. The molecule has 0 fully saturated rings. The predicted molar refractivity (Wildman–Crippen MR) is 143 cm³/mol. The van der Waals surface area contributed by atoms with E-state index in [1.165, 1.54) is 0 Å². The highest BCUT2D eigenvalue weighted by Crippen LogP contribution is 2.34. The Labute approximate surface area is 226 Å². The Kier molecular flexibility index (Phi) is 9.18. The number of amides is 2. The van der Waals surface area contributed by atoms with E-state index in [4.69, 9.17) is 33.7 Å². The summed E-state index contributed by atoms with van der Waals surface area (Å²) in [6, 6.07) is 5.12. The summed E-state index contributed by atoms with van der Waals surface area (Å²) in [5, 5.41) is 12.6. The number of nitrogens with zero attached hydrogens (tertiary/aromatic N) is 3. The number of primary amides is 1. The van der Waals surface area contributed by atoms with Crippen molar-refractivity contribution in [2.24, 2.45) is 5.73 Å². The number of carbonyl (C=O) groups excluding carboxylic acids is 3. The van der Waals surface area contributed by atoms with Gasteiger partial charge in [0.15, 0.2) is 11.0 Å². The molecule has 0 saturated carbocycles. The minimum Gasteiger partial charge on any atom is -0.459 e. The average molecular weight is 569 g/mol. The third-order valence-electron chi connectivity index (χ3n) is 4.71. The number of nitrogens with two attached hydrogens (primary N) is 1. The van der Waals surface area contributed by atoms with Crippen LogP contribution >= 0.6 is 46.3 Å². The quantitative estimate of drug-likeness (QED) is 0.195. The minimum atomic E-state index is -0.696. The van der Waals surface area contributed by atoms with Crippen molar-refractivity contribution in [1.29, 1.82) is 0 Å². The molecule has 0 atom stereocenters. The lowest BCUT2D eigenvalue weighted by Gasteiger charge is -2.11. The number of halogens is 2. The van der Waals surface area contributed by atoms with E-state index < -0.39 is 17.8 Å². The zero-order valence-corrected chi connectivity index (χ0v) is 22.8. The zero-order valence-electron chi connectivity index (χ0n) is 19.6. The number of nitrogens with one attached hydrogen (secondary N) is 1. The molecule has 2 amide bonds. The number of hydrogen-bond donors (Lipinski definition) is 2. The topological polar surface area (TPSA) is 129 Å². The summed E-state index contributed by atoms with van der Waals surface area (Å²) in [4.78, 5) is 37.4. The van der Waals surface area contributed by atoms with Gasteiger partial charge in [0.2, 0.25) is 5.91 Å². The summed E-state index contributed by atoms with van der Waals surface area (Å²) < 4.78 is 7.06. The van der Waals surface area contributed by atoms with Gasteiger partial charge in [-0.15, -0.1) is 28.1 Å². The van der Waals surface area contributed by atoms with Gasteiger partial charge >= 0.3 is 5.97 Å². The molecule has 13 heteroatoms. The molecule has 2 aromatic heterocycles. The second kappa shape index (κ2) is 11.9. The second-order valence-corrected chi connectivity index (χ2v) is 10.5. The maximum Gasteiger partial charge on any atom is 0.341 e. The van der Waals surface area contributed by atoms with Crippen LogP contribution in [0.25, 0.3) is 11.4 Å². The molecular weight excluding hydrogens is 545 g/mol. The molecule has 0 saturated heterocycles. The third kappa shape index (κ3) is 6.28. The summed E-state index contributed by atoms with van der Waals surface area (Å²) in [5.41, 5.74) is 6.61. The van der Waals surface area contributed by atoms with Gasteiger partial charge in [-0.25, -0.2) is 4.79 Å². The van der Waals surface area contributed by atoms with E-state index in [9.17, 15) is 14.4 Å². The number of thiophene rings is 1. The van der Waals surface area contributed by atoms with Gasteiger partial charge in [0.1, 0.15) is 5.00 Å². The average Bonchev–Trinajstić information content (AvgIpc) is 3.34. The number of carbonyl (C=O) groups is 3.